The Bertz CT molecular complexity index is 303. The van der Waals surface area contributed by atoms with Gasteiger partial charge in [0.2, 0.25) is 5.91 Å². The van der Waals surface area contributed by atoms with E-state index in [-0.39, 0.29) is 5.41 Å². The molecule has 0 bridgehead atoms. The molecule has 0 radical (unpaired) electrons. The van der Waals surface area contributed by atoms with Gasteiger partial charge in [0, 0.05) is 19.6 Å². The summed E-state index contributed by atoms with van der Waals surface area (Å²) in [4.78, 5) is 14.6. The fraction of sp³-hybridized carbons (Fsp3) is 0.769. The lowest BCUT2D eigenvalue weighted by Gasteiger charge is -2.35. The van der Waals surface area contributed by atoms with Crippen molar-refractivity contribution in [2.45, 2.75) is 33.1 Å². The van der Waals surface area contributed by atoms with Crippen LogP contribution in [-0.2, 0) is 4.79 Å². The van der Waals surface area contributed by atoms with E-state index in [4.69, 9.17) is 0 Å². The third kappa shape index (κ3) is 2.01. The molecule has 1 amide bonds. The Kier molecular flexibility index (Phi) is 3.33. The molecular weight excluding hydrogens is 200 g/mol. The Morgan fingerprint density at radius 2 is 2.44 bits per heavy atom. The highest BCUT2D eigenvalue weighted by Crippen LogP contribution is 2.32. The summed E-state index contributed by atoms with van der Waals surface area (Å²) < 4.78 is 0. The van der Waals surface area contributed by atoms with E-state index in [1.54, 1.807) is 0 Å². The van der Waals surface area contributed by atoms with Crippen molar-refractivity contribution < 1.29 is 4.79 Å². The van der Waals surface area contributed by atoms with Gasteiger partial charge in [-0.3, -0.25) is 4.79 Å². The highest BCUT2D eigenvalue weighted by molar-refractivity contribution is 5.83. The quantitative estimate of drug-likeness (QED) is 0.719. The van der Waals surface area contributed by atoms with E-state index in [1.165, 1.54) is 5.57 Å². The average molecular weight is 222 g/mol. The van der Waals surface area contributed by atoms with Crippen molar-refractivity contribution in [2.24, 2.45) is 5.41 Å². The number of hydrogen-bond donors (Lipinski definition) is 1. The molecule has 3 heteroatoms. The fourth-order valence-electron chi connectivity index (χ4n) is 2.80. The third-order valence-electron chi connectivity index (χ3n) is 3.99. The first-order valence-corrected chi connectivity index (χ1v) is 6.34. The van der Waals surface area contributed by atoms with Gasteiger partial charge in [0.15, 0.2) is 0 Å². The highest BCUT2D eigenvalue weighted by atomic mass is 16.2. The molecule has 1 saturated heterocycles. The maximum atomic E-state index is 12.6. The normalized spacial score (nSPS) is 30.4. The van der Waals surface area contributed by atoms with Crippen LogP contribution in [0.15, 0.2) is 11.6 Å². The first-order valence-electron chi connectivity index (χ1n) is 6.34. The summed E-state index contributed by atoms with van der Waals surface area (Å²) in [6.07, 6.45) is 5.22. The van der Waals surface area contributed by atoms with Crippen LogP contribution in [0.25, 0.3) is 0 Å². The average Bonchev–Trinajstić information content (AvgIpc) is 2.78. The summed E-state index contributed by atoms with van der Waals surface area (Å²) in [6.45, 7) is 7.84. The van der Waals surface area contributed by atoms with Crippen LogP contribution in [0.3, 0.4) is 0 Å². The monoisotopic (exact) mass is 222 g/mol. The zero-order valence-corrected chi connectivity index (χ0v) is 10.4. The second-order valence-electron chi connectivity index (χ2n) is 5.13. The van der Waals surface area contributed by atoms with E-state index in [0.717, 1.165) is 45.4 Å². The van der Waals surface area contributed by atoms with Crippen molar-refractivity contribution in [3.05, 3.63) is 11.6 Å². The molecule has 16 heavy (non-hydrogen) atoms. The molecule has 90 valence electrons. The predicted molar refractivity (Wildman–Crippen MR) is 65.2 cm³/mol. The molecule has 1 N–H and O–H groups in total. The lowest BCUT2D eigenvalue weighted by atomic mass is 9.82. The molecule has 2 heterocycles. The van der Waals surface area contributed by atoms with Crippen LogP contribution < -0.4 is 5.32 Å². The lowest BCUT2D eigenvalue weighted by Crippen LogP contribution is -2.46. The minimum absolute atomic E-state index is 0.113. The maximum Gasteiger partial charge on any atom is 0.230 e. The summed E-state index contributed by atoms with van der Waals surface area (Å²) in [5.74, 6) is 0.368. The minimum Gasteiger partial charge on any atom is -0.338 e. The summed E-state index contributed by atoms with van der Waals surface area (Å²) in [6, 6.07) is 0. The Hall–Kier alpha value is -0.830. The van der Waals surface area contributed by atoms with Gasteiger partial charge in [-0.15, -0.1) is 0 Å². The molecule has 0 aliphatic carbocycles. The first-order chi connectivity index (χ1) is 7.68. The molecule has 1 unspecified atom stereocenters. The maximum absolute atomic E-state index is 12.6. The summed E-state index contributed by atoms with van der Waals surface area (Å²) in [5.41, 5.74) is 1.22. The molecule has 2 aliphatic heterocycles. The minimum atomic E-state index is -0.113. The SMILES string of the molecule is CCC1(C(=O)N2CCC=C(C)C2)CCNC1. The van der Waals surface area contributed by atoms with Gasteiger partial charge in [-0.25, -0.2) is 0 Å². The standard InChI is InChI=1S/C13H22N2O/c1-3-13(6-7-14-10-13)12(16)15-8-4-5-11(2)9-15/h5,14H,3-4,6-10H2,1-2H3. The topological polar surface area (TPSA) is 32.3 Å². The Labute approximate surface area is 97.9 Å². The Morgan fingerprint density at radius 1 is 1.62 bits per heavy atom. The van der Waals surface area contributed by atoms with Crippen LogP contribution in [0.5, 0.6) is 0 Å². The van der Waals surface area contributed by atoms with Gasteiger partial charge in [0.1, 0.15) is 0 Å². The van der Waals surface area contributed by atoms with Gasteiger partial charge < -0.3 is 10.2 Å². The van der Waals surface area contributed by atoms with Crippen molar-refractivity contribution in [2.75, 3.05) is 26.2 Å². The molecule has 0 aromatic rings. The lowest BCUT2D eigenvalue weighted by molar-refractivity contribution is -0.141. The molecule has 0 aromatic carbocycles. The van der Waals surface area contributed by atoms with Gasteiger partial charge in [-0.2, -0.15) is 0 Å². The number of rotatable bonds is 2. The van der Waals surface area contributed by atoms with Crippen molar-refractivity contribution in [1.29, 1.82) is 0 Å². The largest absolute Gasteiger partial charge is 0.338 e. The smallest absolute Gasteiger partial charge is 0.230 e. The number of nitrogens with zero attached hydrogens (tertiary/aromatic N) is 1. The van der Waals surface area contributed by atoms with Crippen LogP contribution in [0.4, 0.5) is 0 Å². The summed E-state index contributed by atoms with van der Waals surface area (Å²) in [5, 5.41) is 3.33. The van der Waals surface area contributed by atoms with Gasteiger partial charge in [0.05, 0.1) is 5.41 Å². The summed E-state index contributed by atoms with van der Waals surface area (Å²) in [7, 11) is 0. The van der Waals surface area contributed by atoms with Gasteiger partial charge in [-0.05, 0) is 32.7 Å². The number of nitrogens with one attached hydrogen (secondary N) is 1. The van der Waals surface area contributed by atoms with E-state index in [9.17, 15) is 4.79 Å². The molecular formula is C13H22N2O. The van der Waals surface area contributed by atoms with Crippen LogP contribution in [0, 0.1) is 5.41 Å². The van der Waals surface area contributed by atoms with Crippen molar-refractivity contribution in [3.8, 4) is 0 Å². The van der Waals surface area contributed by atoms with Crippen LogP contribution in [0.1, 0.15) is 33.1 Å². The molecule has 2 rings (SSSR count). The second-order valence-corrected chi connectivity index (χ2v) is 5.13. The first kappa shape index (κ1) is 11.6. The number of carbonyl (C=O) groups is 1. The highest BCUT2D eigenvalue weighted by Gasteiger charge is 2.42. The third-order valence-corrected chi connectivity index (χ3v) is 3.99. The van der Waals surface area contributed by atoms with Gasteiger partial charge in [0.25, 0.3) is 0 Å². The van der Waals surface area contributed by atoms with E-state index in [0.29, 0.717) is 5.91 Å². The predicted octanol–water partition coefficient (Wildman–Crippen LogP) is 1.55. The van der Waals surface area contributed by atoms with Crippen LogP contribution in [0.2, 0.25) is 0 Å². The molecule has 3 nitrogen and oxygen atoms in total. The number of carbonyl (C=O) groups excluding carboxylic acids is 1. The number of hydrogen-bond acceptors (Lipinski definition) is 2. The zero-order valence-electron chi connectivity index (χ0n) is 10.4. The van der Waals surface area contributed by atoms with Gasteiger partial charge in [-0.1, -0.05) is 18.6 Å². The fourth-order valence-corrected chi connectivity index (χ4v) is 2.80. The number of amides is 1. The van der Waals surface area contributed by atoms with Crippen LogP contribution in [-0.4, -0.2) is 37.0 Å². The van der Waals surface area contributed by atoms with Crippen LogP contribution >= 0.6 is 0 Å². The van der Waals surface area contributed by atoms with Gasteiger partial charge >= 0.3 is 0 Å². The van der Waals surface area contributed by atoms with E-state index in [1.807, 2.05) is 4.90 Å². The Balaban J connectivity index is 2.09. The molecule has 1 atom stereocenters. The molecule has 0 aromatic heterocycles. The molecule has 1 fully saturated rings. The van der Waals surface area contributed by atoms with Crippen molar-refractivity contribution >= 4 is 5.91 Å². The molecule has 0 spiro atoms. The second kappa shape index (κ2) is 4.58. The van der Waals surface area contributed by atoms with E-state index in [2.05, 4.69) is 25.2 Å². The van der Waals surface area contributed by atoms with Crippen molar-refractivity contribution in [3.63, 3.8) is 0 Å². The van der Waals surface area contributed by atoms with E-state index >= 15 is 0 Å². The van der Waals surface area contributed by atoms with Crippen molar-refractivity contribution in [1.82, 2.24) is 10.2 Å². The molecule has 2 aliphatic rings. The molecule has 0 saturated carbocycles. The zero-order chi connectivity index (χ0) is 11.6. The Morgan fingerprint density at radius 3 is 3.00 bits per heavy atom. The summed E-state index contributed by atoms with van der Waals surface area (Å²) >= 11 is 0. The van der Waals surface area contributed by atoms with E-state index < -0.39 is 0 Å².